The number of ether oxygens (including phenoxy) is 1. The normalized spacial score (nSPS) is 17.6. The number of fused-ring (bicyclic) bond motifs is 1. The summed E-state index contributed by atoms with van der Waals surface area (Å²) in [5, 5.41) is 6.97. The van der Waals surface area contributed by atoms with Gasteiger partial charge in [0.15, 0.2) is 5.96 Å². The van der Waals surface area contributed by atoms with Gasteiger partial charge in [-0.15, -0.1) is 0 Å². The number of carbonyl (C=O) groups excluding carboxylic acids is 1. The minimum atomic E-state index is -0.00513. The molecule has 6 nitrogen and oxygen atoms in total. The second-order valence-corrected chi connectivity index (χ2v) is 8.26. The SMILES string of the molecule is CCOC(CCNC(=NCC(=O)N(C)C)NC1CCc2ccccc2C1)C(C)C. The third-order valence-corrected chi connectivity index (χ3v) is 5.40. The maximum atomic E-state index is 12.0. The molecule has 29 heavy (non-hydrogen) atoms. The molecule has 0 fully saturated rings. The van der Waals surface area contributed by atoms with Crippen molar-refractivity contribution >= 4 is 11.9 Å². The molecule has 2 unspecified atom stereocenters. The maximum absolute atomic E-state index is 12.0. The van der Waals surface area contributed by atoms with Gasteiger partial charge in [0.25, 0.3) is 0 Å². The molecule has 0 heterocycles. The van der Waals surface area contributed by atoms with E-state index in [4.69, 9.17) is 4.74 Å². The highest BCUT2D eigenvalue weighted by Crippen LogP contribution is 2.21. The van der Waals surface area contributed by atoms with Crippen LogP contribution in [0, 0.1) is 5.92 Å². The first-order valence-electron chi connectivity index (χ1n) is 10.8. The lowest BCUT2D eigenvalue weighted by Gasteiger charge is -2.28. The third kappa shape index (κ3) is 7.69. The molecule has 2 rings (SSSR count). The third-order valence-electron chi connectivity index (χ3n) is 5.40. The van der Waals surface area contributed by atoms with Crippen LogP contribution in [0.4, 0.5) is 0 Å². The molecule has 1 aliphatic rings. The molecule has 2 atom stereocenters. The van der Waals surface area contributed by atoms with E-state index in [0.29, 0.717) is 17.9 Å². The van der Waals surface area contributed by atoms with Crippen LogP contribution in [0.15, 0.2) is 29.3 Å². The van der Waals surface area contributed by atoms with Gasteiger partial charge in [-0.25, -0.2) is 4.99 Å². The molecule has 0 saturated heterocycles. The fourth-order valence-corrected chi connectivity index (χ4v) is 3.61. The molecule has 0 saturated carbocycles. The summed E-state index contributed by atoms with van der Waals surface area (Å²) < 4.78 is 5.84. The van der Waals surface area contributed by atoms with Crippen molar-refractivity contribution in [3.05, 3.63) is 35.4 Å². The van der Waals surface area contributed by atoms with Crippen LogP contribution in [-0.4, -0.2) is 62.7 Å². The van der Waals surface area contributed by atoms with E-state index < -0.39 is 0 Å². The number of aliphatic imine (C=N–C) groups is 1. The van der Waals surface area contributed by atoms with Gasteiger partial charge >= 0.3 is 0 Å². The Hall–Kier alpha value is -2.08. The molecule has 1 aromatic rings. The van der Waals surface area contributed by atoms with Gasteiger partial charge in [0, 0.05) is 33.3 Å². The number of nitrogens with one attached hydrogen (secondary N) is 2. The highest BCUT2D eigenvalue weighted by Gasteiger charge is 2.20. The number of guanidine groups is 1. The van der Waals surface area contributed by atoms with Crippen LogP contribution >= 0.6 is 0 Å². The lowest BCUT2D eigenvalue weighted by atomic mass is 9.88. The number of rotatable bonds is 9. The van der Waals surface area contributed by atoms with E-state index >= 15 is 0 Å². The first-order valence-corrected chi connectivity index (χ1v) is 10.8. The summed E-state index contributed by atoms with van der Waals surface area (Å²) in [5.74, 6) is 1.17. The Morgan fingerprint density at radius 3 is 2.66 bits per heavy atom. The first-order chi connectivity index (χ1) is 13.9. The van der Waals surface area contributed by atoms with Gasteiger partial charge in [-0.2, -0.15) is 0 Å². The lowest BCUT2D eigenvalue weighted by Crippen LogP contribution is -2.47. The Bertz CT molecular complexity index is 673. The topological polar surface area (TPSA) is 66.0 Å². The smallest absolute Gasteiger partial charge is 0.243 e. The van der Waals surface area contributed by atoms with Crippen molar-refractivity contribution in [2.24, 2.45) is 10.9 Å². The van der Waals surface area contributed by atoms with E-state index in [1.807, 2.05) is 6.92 Å². The van der Waals surface area contributed by atoms with Gasteiger partial charge in [0.1, 0.15) is 6.54 Å². The molecule has 2 N–H and O–H groups in total. The Balaban J connectivity index is 1.97. The van der Waals surface area contributed by atoms with Crippen molar-refractivity contribution in [1.82, 2.24) is 15.5 Å². The van der Waals surface area contributed by atoms with Gasteiger partial charge in [-0.05, 0) is 49.7 Å². The van der Waals surface area contributed by atoms with Gasteiger partial charge in [0.05, 0.1) is 6.10 Å². The molecular weight excluding hydrogens is 364 g/mol. The van der Waals surface area contributed by atoms with Crippen molar-refractivity contribution in [1.29, 1.82) is 0 Å². The van der Waals surface area contributed by atoms with Gasteiger partial charge < -0.3 is 20.3 Å². The van der Waals surface area contributed by atoms with E-state index in [-0.39, 0.29) is 18.6 Å². The average Bonchev–Trinajstić information content (AvgIpc) is 2.70. The summed E-state index contributed by atoms with van der Waals surface area (Å²) in [6, 6.07) is 8.95. The maximum Gasteiger partial charge on any atom is 0.243 e. The van der Waals surface area contributed by atoms with Crippen LogP contribution in [-0.2, 0) is 22.4 Å². The predicted octanol–water partition coefficient (Wildman–Crippen LogP) is 2.62. The minimum absolute atomic E-state index is 0.00513. The lowest BCUT2D eigenvalue weighted by molar-refractivity contribution is -0.127. The summed E-state index contributed by atoms with van der Waals surface area (Å²) in [4.78, 5) is 18.1. The van der Waals surface area contributed by atoms with Crippen LogP contribution in [0.25, 0.3) is 0 Å². The molecular formula is C23H38N4O2. The largest absolute Gasteiger partial charge is 0.378 e. The Morgan fingerprint density at radius 2 is 2.00 bits per heavy atom. The number of likely N-dealkylation sites (N-methyl/N-ethyl adjacent to an activating group) is 1. The van der Waals surface area contributed by atoms with Crippen LogP contribution in [0.1, 0.15) is 44.7 Å². The molecule has 6 heteroatoms. The average molecular weight is 403 g/mol. The molecule has 162 valence electrons. The minimum Gasteiger partial charge on any atom is -0.378 e. The van der Waals surface area contributed by atoms with Gasteiger partial charge in [-0.1, -0.05) is 38.1 Å². The van der Waals surface area contributed by atoms with Crippen LogP contribution in [0.5, 0.6) is 0 Å². The zero-order chi connectivity index (χ0) is 21.2. The number of nitrogens with zero attached hydrogens (tertiary/aromatic N) is 2. The van der Waals surface area contributed by atoms with Crippen molar-refractivity contribution in [2.75, 3.05) is 33.8 Å². The van der Waals surface area contributed by atoms with Crippen molar-refractivity contribution in [3.8, 4) is 0 Å². The van der Waals surface area contributed by atoms with E-state index in [1.54, 1.807) is 19.0 Å². The molecule has 1 aliphatic carbocycles. The number of aryl methyl sites for hydroxylation is 1. The zero-order valence-corrected chi connectivity index (χ0v) is 18.7. The summed E-state index contributed by atoms with van der Waals surface area (Å²) in [6.07, 6.45) is 4.23. The van der Waals surface area contributed by atoms with Crippen LogP contribution in [0.2, 0.25) is 0 Å². The predicted molar refractivity (Wildman–Crippen MR) is 119 cm³/mol. The van der Waals surface area contributed by atoms with E-state index in [0.717, 1.165) is 38.8 Å². The fourth-order valence-electron chi connectivity index (χ4n) is 3.61. The summed E-state index contributed by atoms with van der Waals surface area (Å²) >= 11 is 0. The number of hydrogen-bond acceptors (Lipinski definition) is 3. The highest BCUT2D eigenvalue weighted by atomic mass is 16.5. The highest BCUT2D eigenvalue weighted by molar-refractivity contribution is 5.85. The molecule has 1 amide bonds. The number of hydrogen-bond donors (Lipinski definition) is 2. The molecule has 1 aromatic carbocycles. The van der Waals surface area contributed by atoms with Gasteiger partial charge in [-0.3, -0.25) is 4.79 Å². The number of benzene rings is 1. The summed E-state index contributed by atoms with van der Waals surface area (Å²) in [5.41, 5.74) is 2.84. The Morgan fingerprint density at radius 1 is 1.28 bits per heavy atom. The van der Waals surface area contributed by atoms with Crippen molar-refractivity contribution < 1.29 is 9.53 Å². The monoisotopic (exact) mass is 402 g/mol. The van der Waals surface area contributed by atoms with Crippen LogP contribution in [0.3, 0.4) is 0 Å². The number of amides is 1. The van der Waals surface area contributed by atoms with Crippen molar-refractivity contribution in [2.45, 2.75) is 58.6 Å². The van der Waals surface area contributed by atoms with E-state index in [9.17, 15) is 4.79 Å². The first kappa shape index (κ1) is 23.2. The zero-order valence-electron chi connectivity index (χ0n) is 18.7. The molecule has 0 radical (unpaired) electrons. The molecule has 0 aromatic heterocycles. The number of carbonyl (C=O) groups is 1. The van der Waals surface area contributed by atoms with Crippen molar-refractivity contribution in [3.63, 3.8) is 0 Å². The molecule has 0 spiro atoms. The molecule has 0 bridgehead atoms. The van der Waals surface area contributed by atoms with Crippen LogP contribution < -0.4 is 10.6 Å². The van der Waals surface area contributed by atoms with Gasteiger partial charge in [0.2, 0.25) is 5.91 Å². The Kier molecular flexibility index (Phi) is 9.45. The second-order valence-electron chi connectivity index (χ2n) is 8.26. The summed E-state index contributed by atoms with van der Waals surface area (Å²) in [6.45, 7) is 8.02. The molecule has 0 aliphatic heterocycles. The quantitative estimate of drug-likeness (QED) is 0.492. The standard InChI is InChI=1S/C23H38N4O2/c1-6-29-21(17(2)3)13-14-24-23(25-16-22(28)27(4)5)26-20-12-11-18-9-7-8-10-19(18)15-20/h7-10,17,20-21H,6,11-16H2,1-5H3,(H2,24,25,26). The Labute approximate surface area is 176 Å². The van der Waals surface area contributed by atoms with E-state index in [1.165, 1.54) is 11.1 Å². The fraction of sp³-hybridized carbons (Fsp3) is 0.652. The van der Waals surface area contributed by atoms with E-state index in [2.05, 4.69) is 53.7 Å². The summed E-state index contributed by atoms with van der Waals surface area (Å²) in [7, 11) is 3.51. The second kappa shape index (κ2) is 11.8.